The van der Waals surface area contributed by atoms with Crippen molar-refractivity contribution in [2.24, 2.45) is 5.92 Å². The Hall–Kier alpha value is -1.46. The van der Waals surface area contributed by atoms with E-state index in [1.54, 1.807) is 7.11 Å². The van der Waals surface area contributed by atoms with Crippen molar-refractivity contribution in [3.63, 3.8) is 0 Å². The van der Waals surface area contributed by atoms with E-state index in [4.69, 9.17) is 18.9 Å². The summed E-state index contributed by atoms with van der Waals surface area (Å²) in [6.07, 6.45) is 1.16. The van der Waals surface area contributed by atoms with Crippen LogP contribution in [-0.4, -0.2) is 45.6 Å². The van der Waals surface area contributed by atoms with E-state index in [0.717, 1.165) is 55.5 Å². The molecular weight excluding hydrogens is 258 g/mol. The summed E-state index contributed by atoms with van der Waals surface area (Å²) in [5, 5.41) is 0. The highest BCUT2D eigenvalue weighted by atomic mass is 16.7. The lowest BCUT2D eigenvalue weighted by molar-refractivity contribution is 0.172. The van der Waals surface area contributed by atoms with Crippen molar-refractivity contribution in [3.8, 4) is 17.2 Å². The predicted octanol–water partition coefficient (Wildman–Crippen LogP) is 1.89. The third-order valence-electron chi connectivity index (χ3n) is 3.81. The largest absolute Gasteiger partial charge is 0.496 e. The summed E-state index contributed by atoms with van der Waals surface area (Å²) in [5.74, 6) is 3.06. The van der Waals surface area contributed by atoms with Crippen LogP contribution in [0, 0.1) is 5.92 Å². The van der Waals surface area contributed by atoms with Crippen molar-refractivity contribution in [1.29, 1.82) is 0 Å². The van der Waals surface area contributed by atoms with E-state index < -0.39 is 0 Å². The zero-order valence-electron chi connectivity index (χ0n) is 12.1. The van der Waals surface area contributed by atoms with E-state index in [-0.39, 0.29) is 6.79 Å². The van der Waals surface area contributed by atoms with E-state index in [1.165, 1.54) is 0 Å². The van der Waals surface area contributed by atoms with Gasteiger partial charge in [0.25, 0.3) is 0 Å². The Kier molecular flexibility index (Phi) is 3.98. The molecule has 5 heteroatoms. The van der Waals surface area contributed by atoms with Crippen LogP contribution >= 0.6 is 0 Å². The van der Waals surface area contributed by atoms with Crippen molar-refractivity contribution in [2.45, 2.75) is 13.0 Å². The molecule has 1 saturated heterocycles. The normalized spacial score (nSPS) is 20.6. The number of hydrogen-bond donors (Lipinski definition) is 0. The Morgan fingerprint density at radius 1 is 1.30 bits per heavy atom. The molecule has 20 heavy (non-hydrogen) atoms. The van der Waals surface area contributed by atoms with Crippen molar-refractivity contribution in [1.82, 2.24) is 4.90 Å². The number of nitrogens with zero attached hydrogens (tertiary/aromatic N) is 1. The zero-order valence-corrected chi connectivity index (χ0v) is 12.1. The van der Waals surface area contributed by atoms with Gasteiger partial charge in [-0.05, 0) is 25.5 Å². The first-order valence-corrected chi connectivity index (χ1v) is 6.99. The molecule has 0 N–H and O–H groups in total. The molecule has 1 unspecified atom stereocenters. The van der Waals surface area contributed by atoms with Crippen molar-refractivity contribution >= 4 is 0 Å². The average molecular weight is 279 g/mol. The smallest absolute Gasteiger partial charge is 0.231 e. The van der Waals surface area contributed by atoms with E-state index in [2.05, 4.69) is 11.9 Å². The second-order valence-corrected chi connectivity index (χ2v) is 5.44. The summed E-state index contributed by atoms with van der Waals surface area (Å²) in [5.41, 5.74) is 1.12. The van der Waals surface area contributed by atoms with Gasteiger partial charge in [0.15, 0.2) is 11.5 Å². The van der Waals surface area contributed by atoms with Gasteiger partial charge in [-0.25, -0.2) is 0 Å². The minimum atomic E-state index is 0.289. The molecular formula is C15H21NO4. The van der Waals surface area contributed by atoms with Gasteiger partial charge in [0.2, 0.25) is 6.79 Å². The minimum absolute atomic E-state index is 0.289. The van der Waals surface area contributed by atoms with Gasteiger partial charge in [-0.1, -0.05) is 0 Å². The summed E-state index contributed by atoms with van der Waals surface area (Å²) in [6.45, 7) is 3.93. The summed E-state index contributed by atoms with van der Waals surface area (Å²) in [6, 6.07) is 3.92. The van der Waals surface area contributed by atoms with Crippen LogP contribution in [-0.2, 0) is 11.3 Å². The second kappa shape index (κ2) is 5.89. The highest BCUT2D eigenvalue weighted by molar-refractivity contribution is 5.51. The number of rotatable bonds is 5. The molecule has 1 fully saturated rings. The van der Waals surface area contributed by atoms with Crippen LogP contribution in [0.15, 0.2) is 12.1 Å². The fourth-order valence-electron chi connectivity index (χ4n) is 2.80. The minimum Gasteiger partial charge on any atom is -0.496 e. The van der Waals surface area contributed by atoms with Crippen LogP contribution in [0.3, 0.4) is 0 Å². The highest BCUT2D eigenvalue weighted by Crippen LogP contribution is 2.38. The van der Waals surface area contributed by atoms with Gasteiger partial charge in [-0.3, -0.25) is 0 Å². The number of benzene rings is 1. The maximum absolute atomic E-state index is 5.45. The molecule has 1 aromatic carbocycles. The lowest BCUT2D eigenvalue weighted by Crippen LogP contribution is -2.25. The van der Waals surface area contributed by atoms with Gasteiger partial charge in [0.1, 0.15) is 5.75 Å². The molecule has 2 aliphatic rings. The Morgan fingerprint density at radius 3 is 2.80 bits per heavy atom. The van der Waals surface area contributed by atoms with E-state index in [1.807, 2.05) is 12.1 Å². The van der Waals surface area contributed by atoms with Crippen LogP contribution in [0.2, 0.25) is 0 Å². The lowest BCUT2D eigenvalue weighted by atomic mass is 10.1. The number of fused-ring (bicyclic) bond motifs is 1. The molecule has 0 aliphatic carbocycles. The van der Waals surface area contributed by atoms with Crippen LogP contribution < -0.4 is 14.2 Å². The van der Waals surface area contributed by atoms with E-state index >= 15 is 0 Å². The van der Waals surface area contributed by atoms with E-state index in [0.29, 0.717) is 5.92 Å². The SMILES string of the molecule is COc1cc2c(cc1CN(C)CC1CCOC1)OCO2. The van der Waals surface area contributed by atoms with Gasteiger partial charge in [0.05, 0.1) is 13.7 Å². The molecule has 110 valence electrons. The summed E-state index contributed by atoms with van der Waals surface area (Å²) in [4.78, 5) is 2.30. The zero-order chi connectivity index (χ0) is 13.9. The van der Waals surface area contributed by atoms with Gasteiger partial charge in [0, 0.05) is 31.3 Å². The van der Waals surface area contributed by atoms with Crippen LogP contribution in [0.1, 0.15) is 12.0 Å². The van der Waals surface area contributed by atoms with Gasteiger partial charge in [-0.15, -0.1) is 0 Å². The number of methoxy groups -OCH3 is 1. The van der Waals surface area contributed by atoms with Crippen molar-refractivity contribution < 1.29 is 18.9 Å². The molecule has 0 saturated carbocycles. The maximum atomic E-state index is 5.45. The Balaban J connectivity index is 1.69. The second-order valence-electron chi connectivity index (χ2n) is 5.44. The average Bonchev–Trinajstić information content (AvgIpc) is 3.08. The van der Waals surface area contributed by atoms with Crippen molar-refractivity contribution in [3.05, 3.63) is 17.7 Å². The van der Waals surface area contributed by atoms with Gasteiger partial charge in [-0.2, -0.15) is 0 Å². The van der Waals surface area contributed by atoms with Gasteiger partial charge >= 0.3 is 0 Å². The molecule has 0 spiro atoms. The summed E-state index contributed by atoms with van der Waals surface area (Å²) >= 11 is 0. The molecule has 5 nitrogen and oxygen atoms in total. The fourth-order valence-corrected chi connectivity index (χ4v) is 2.80. The molecule has 0 amide bonds. The molecule has 2 aliphatic heterocycles. The summed E-state index contributed by atoms with van der Waals surface area (Å²) < 4.78 is 21.7. The molecule has 3 rings (SSSR count). The van der Waals surface area contributed by atoms with Crippen LogP contribution in [0.5, 0.6) is 17.2 Å². The van der Waals surface area contributed by atoms with E-state index in [9.17, 15) is 0 Å². The topological polar surface area (TPSA) is 40.2 Å². The molecule has 0 bridgehead atoms. The maximum Gasteiger partial charge on any atom is 0.231 e. The van der Waals surface area contributed by atoms with Crippen molar-refractivity contribution in [2.75, 3.05) is 40.7 Å². The third kappa shape index (κ3) is 2.83. The quantitative estimate of drug-likeness (QED) is 0.823. The summed E-state index contributed by atoms with van der Waals surface area (Å²) in [7, 11) is 3.81. The van der Waals surface area contributed by atoms with Gasteiger partial charge < -0.3 is 23.8 Å². The monoisotopic (exact) mass is 279 g/mol. The molecule has 1 atom stereocenters. The standard InChI is InChI=1S/C15H21NO4/c1-16(7-11-3-4-18-9-11)8-12-5-14-15(20-10-19-14)6-13(12)17-2/h5-6,11H,3-4,7-10H2,1-2H3. The molecule has 0 radical (unpaired) electrons. The number of hydrogen-bond acceptors (Lipinski definition) is 5. The van der Waals surface area contributed by atoms with Crippen LogP contribution in [0.4, 0.5) is 0 Å². The fraction of sp³-hybridized carbons (Fsp3) is 0.600. The first-order valence-electron chi connectivity index (χ1n) is 6.99. The molecule has 0 aromatic heterocycles. The highest BCUT2D eigenvalue weighted by Gasteiger charge is 2.21. The lowest BCUT2D eigenvalue weighted by Gasteiger charge is -2.21. The molecule has 1 aromatic rings. The predicted molar refractivity (Wildman–Crippen MR) is 74.4 cm³/mol. The first kappa shape index (κ1) is 13.5. The Morgan fingerprint density at radius 2 is 2.10 bits per heavy atom. The Labute approximate surface area is 119 Å². The Bertz CT molecular complexity index is 471. The third-order valence-corrected chi connectivity index (χ3v) is 3.81. The number of ether oxygens (including phenoxy) is 4. The first-order chi connectivity index (χ1) is 9.76. The van der Waals surface area contributed by atoms with Crippen LogP contribution in [0.25, 0.3) is 0 Å². The molecule has 2 heterocycles.